The fourth-order valence-corrected chi connectivity index (χ4v) is 10.2. The van der Waals surface area contributed by atoms with Crippen LogP contribution in [0.2, 0.25) is 0 Å². The maximum absolute atomic E-state index is 6.56. The van der Waals surface area contributed by atoms with E-state index in [2.05, 4.69) is 187 Å². The fourth-order valence-electron chi connectivity index (χ4n) is 10.2. The molecule has 0 aliphatic heterocycles. The van der Waals surface area contributed by atoms with Gasteiger partial charge in [-0.15, -0.1) is 0 Å². The molecule has 8 aromatic carbocycles. The Balaban J connectivity index is 1.17. The van der Waals surface area contributed by atoms with Gasteiger partial charge in [-0.2, -0.15) is 0 Å². The Kier molecular flexibility index (Phi) is 7.13. The van der Waals surface area contributed by atoms with Crippen LogP contribution < -0.4 is 4.90 Å². The van der Waals surface area contributed by atoms with Crippen molar-refractivity contribution in [2.24, 2.45) is 0 Å². The molecular weight excluding hydrogens is 655 g/mol. The highest BCUT2D eigenvalue weighted by atomic mass is 16.3. The lowest BCUT2D eigenvalue weighted by Crippen LogP contribution is -2.27. The first kappa shape index (κ1) is 31.2. The third-order valence-corrected chi connectivity index (χ3v) is 12.4. The van der Waals surface area contributed by atoms with Gasteiger partial charge in [-0.25, -0.2) is 0 Å². The number of nitrogens with zero attached hydrogens (tertiary/aromatic N) is 1. The molecule has 1 aromatic heterocycles. The zero-order valence-corrected chi connectivity index (χ0v) is 30.1. The van der Waals surface area contributed by atoms with E-state index in [-0.39, 0.29) is 11.3 Å². The van der Waals surface area contributed by atoms with E-state index >= 15 is 0 Å². The molecule has 0 saturated carbocycles. The predicted octanol–water partition coefficient (Wildman–Crippen LogP) is 13.6. The molecule has 2 heteroatoms. The topological polar surface area (TPSA) is 16.4 Å². The first-order valence-electron chi connectivity index (χ1n) is 19.3. The lowest BCUT2D eigenvalue weighted by Gasteiger charge is -2.36. The minimum absolute atomic E-state index is 0.00852. The molecule has 0 saturated heterocycles. The minimum Gasteiger partial charge on any atom is -0.456 e. The molecule has 2 atom stereocenters. The summed E-state index contributed by atoms with van der Waals surface area (Å²) >= 11 is 0. The maximum Gasteiger partial charge on any atom is 0.135 e. The molecule has 9 aromatic rings. The molecule has 2 aliphatic rings. The van der Waals surface area contributed by atoms with Gasteiger partial charge in [0, 0.05) is 33.5 Å². The van der Waals surface area contributed by atoms with Crippen LogP contribution >= 0.6 is 0 Å². The van der Waals surface area contributed by atoms with Crippen molar-refractivity contribution in [2.75, 3.05) is 4.90 Å². The molecule has 0 bridgehead atoms. The average Bonchev–Trinajstić information content (AvgIpc) is 3.93. The van der Waals surface area contributed by atoms with Crippen LogP contribution in [0.4, 0.5) is 17.1 Å². The van der Waals surface area contributed by atoms with Gasteiger partial charge in [0.05, 0.1) is 5.69 Å². The predicted molar refractivity (Wildman–Crippen MR) is 224 cm³/mol. The monoisotopic (exact) mass is 693 g/mol. The highest BCUT2D eigenvalue weighted by molar-refractivity contribution is 6.05. The first-order chi connectivity index (χ1) is 26.8. The highest BCUT2D eigenvalue weighted by Gasteiger charge is 2.49. The molecule has 0 amide bonds. The summed E-state index contributed by atoms with van der Waals surface area (Å²) in [6, 6.07) is 67.1. The van der Waals surface area contributed by atoms with Gasteiger partial charge in [0.2, 0.25) is 0 Å². The van der Waals surface area contributed by atoms with E-state index < -0.39 is 0 Å². The van der Waals surface area contributed by atoms with Gasteiger partial charge in [-0.3, -0.25) is 0 Å². The smallest absolute Gasteiger partial charge is 0.135 e. The summed E-state index contributed by atoms with van der Waals surface area (Å²) in [4.78, 5) is 2.49. The SMILES string of the molecule is c1ccc(N(c2ccccc2)c2cccc3c2[C@]2(CCc4cccc(C(c5ccc6c(c5)oc5ccccc56)c5cccc6ccccc56)c42)CC3)cc1. The van der Waals surface area contributed by atoms with E-state index in [1.54, 1.807) is 0 Å². The van der Waals surface area contributed by atoms with Gasteiger partial charge in [-0.1, -0.05) is 140 Å². The number of furan rings is 1. The Morgan fingerprint density at radius 3 is 1.83 bits per heavy atom. The second kappa shape index (κ2) is 12.4. The van der Waals surface area contributed by atoms with Crippen molar-refractivity contribution in [1.29, 1.82) is 0 Å². The molecular formula is C52H39NO. The van der Waals surface area contributed by atoms with Crippen LogP contribution in [-0.4, -0.2) is 0 Å². The zero-order valence-electron chi connectivity index (χ0n) is 30.1. The molecule has 11 rings (SSSR count). The third kappa shape index (κ3) is 4.73. The lowest BCUT2D eigenvalue weighted by molar-refractivity contribution is 0.503. The molecule has 0 fully saturated rings. The first-order valence-corrected chi connectivity index (χ1v) is 19.3. The summed E-state index contributed by atoms with van der Waals surface area (Å²) in [6.45, 7) is 0. The zero-order chi connectivity index (χ0) is 35.6. The second-order valence-corrected chi connectivity index (χ2v) is 15.1. The van der Waals surface area contributed by atoms with Gasteiger partial charge < -0.3 is 9.32 Å². The summed E-state index contributed by atoms with van der Waals surface area (Å²) in [5.41, 5.74) is 15.4. The maximum atomic E-state index is 6.56. The van der Waals surface area contributed by atoms with Crippen LogP contribution in [0.15, 0.2) is 186 Å². The highest BCUT2D eigenvalue weighted by Crippen LogP contribution is 2.59. The molecule has 2 nitrogen and oxygen atoms in total. The van der Waals surface area contributed by atoms with E-state index in [1.165, 1.54) is 66.8 Å². The van der Waals surface area contributed by atoms with E-state index in [0.717, 1.165) is 47.6 Å². The molecule has 1 unspecified atom stereocenters. The molecule has 258 valence electrons. The standard InChI is InChI=1S/C52H39NO/c1-3-18-39(19-4-1)53(40-20-5-2-6-21-40)46-26-13-17-37-31-33-52(51(37)46)32-30-36-16-12-25-45(50(36)52)49(44-24-11-15-35-14-7-8-22-41(35)44)38-28-29-43-42-23-9-10-27-47(42)54-48(43)34-38/h1-29,34,49H,30-33H2/t49?,52-/m1/s1. The number of aryl methyl sites for hydroxylation is 2. The Morgan fingerprint density at radius 1 is 0.463 bits per heavy atom. The van der Waals surface area contributed by atoms with Gasteiger partial charge in [-0.05, 0) is 118 Å². The number of anilines is 3. The molecule has 1 spiro atoms. The molecule has 0 N–H and O–H groups in total. The van der Waals surface area contributed by atoms with Crippen LogP contribution in [-0.2, 0) is 18.3 Å². The van der Waals surface area contributed by atoms with Crippen LogP contribution in [0.25, 0.3) is 32.7 Å². The number of hydrogen-bond acceptors (Lipinski definition) is 2. The Hall–Kier alpha value is -6.38. The Morgan fingerprint density at radius 2 is 1.06 bits per heavy atom. The summed E-state index contributed by atoms with van der Waals surface area (Å²) in [7, 11) is 0. The quantitative estimate of drug-likeness (QED) is 0.161. The average molecular weight is 694 g/mol. The number of rotatable bonds is 6. The number of benzene rings is 8. The van der Waals surface area contributed by atoms with E-state index in [4.69, 9.17) is 4.42 Å². The normalized spacial score (nSPS) is 16.6. The second-order valence-electron chi connectivity index (χ2n) is 15.1. The van der Waals surface area contributed by atoms with Crippen LogP contribution in [0.3, 0.4) is 0 Å². The lowest BCUT2D eigenvalue weighted by atomic mass is 9.70. The van der Waals surface area contributed by atoms with Crippen LogP contribution in [0, 0.1) is 0 Å². The van der Waals surface area contributed by atoms with Crippen molar-refractivity contribution >= 4 is 49.8 Å². The largest absolute Gasteiger partial charge is 0.456 e. The molecule has 54 heavy (non-hydrogen) atoms. The van der Waals surface area contributed by atoms with E-state index in [1.807, 2.05) is 0 Å². The van der Waals surface area contributed by atoms with Crippen molar-refractivity contribution in [3.63, 3.8) is 0 Å². The Bertz CT molecular complexity index is 2800. The van der Waals surface area contributed by atoms with Crippen molar-refractivity contribution in [2.45, 2.75) is 37.0 Å². The van der Waals surface area contributed by atoms with Gasteiger partial charge in [0.25, 0.3) is 0 Å². The number of hydrogen-bond donors (Lipinski definition) is 0. The Labute approximate surface area is 315 Å². The summed E-state index contributed by atoms with van der Waals surface area (Å²) in [6.07, 6.45) is 4.34. The molecule has 1 heterocycles. The minimum atomic E-state index is -0.119. The number of fused-ring (bicyclic) bond motifs is 8. The third-order valence-electron chi connectivity index (χ3n) is 12.4. The summed E-state index contributed by atoms with van der Waals surface area (Å²) in [5.74, 6) is 0.00852. The van der Waals surface area contributed by atoms with Crippen molar-refractivity contribution in [1.82, 2.24) is 0 Å². The van der Waals surface area contributed by atoms with Gasteiger partial charge in [0.15, 0.2) is 0 Å². The van der Waals surface area contributed by atoms with E-state index in [0.29, 0.717) is 0 Å². The van der Waals surface area contributed by atoms with Crippen molar-refractivity contribution in [3.8, 4) is 0 Å². The fraction of sp³-hybridized carbons (Fsp3) is 0.115. The summed E-state index contributed by atoms with van der Waals surface area (Å²) in [5, 5.41) is 4.89. The van der Waals surface area contributed by atoms with E-state index in [9.17, 15) is 0 Å². The van der Waals surface area contributed by atoms with Crippen molar-refractivity contribution < 1.29 is 4.42 Å². The van der Waals surface area contributed by atoms with Crippen LogP contribution in [0.5, 0.6) is 0 Å². The van der Waals surface area contributed by atoms with Crippen LogP contribution in [0.1, 0.15) is 57.7 Å². The molecule has 2 aliphatic carbocycles. The summed E-state index contributed by atoms with van der Waals surface area (Å²) < 4.78 is 6.56. The number of para-hydroxylation sites is 3. The van der Waals surface area contributed by atoms with Gasteiger partial charge >= 0.3 is 0 Å². The van der Waals surface area contributed by atoms with Gasteiger partial charge in [0.1, 0.15) is 11.2 Å². The van der Waals surface area contributed by atoms with Crippen molar-refractivity contribution in [3.05, 3.63) is 221 Å². The molecule has 0 radical (unpaired) electrons.